The average Bonchev–Trinajstić information content (AvgIpc) is 3.14. The zero-order valence-electron chi connectivity index (χ0n) is 12.0. The molecule has 1 aliphatic carbocycles. The van der Waals surface area contributed by atoms with E-state index in [1.165, 1.54) is 6.07 Å². The fourth-order valence-corrected chi connectivity index (χ4v) is 4.58. The monoisotopic (exact) mass is 316 g/mol. The van der Waals surface area contributed by atoms with E-state index in [9.17, 15) is 8.42 Å². The van der Waals surface area contributed by atoms with Crippen molar-refractivity contribution < 1.29 is 8.42 Å². The van der Waals surface area contributed by atoms with E-state index in [1.807, 2.05) is 13.8 Å². The molecule has 1 aliphatic rings. The van der Waals surface area contributed by atoms with Crippen molar-refractivity contribution in [2.45, 2.75) is 50.6 Å². The molecule has 0 atom stereocenters. The highest BCUT2D eigenvalue weighted by Crippen LogP contribution is 2.40. The van der Waals surface area contributed by atoms with E-state index in [0.717, 1.165) is 18.4 Å². The Hall–Kier alpha value is -0.620. The lowest BCUT2D eigenvalue weighted by Gasteiger charge is -2.26. The van der Waals surface area contributed by atoms with E-state index >= 15 is 0 Å². The predicted octanol–water partition coefficient (Wildman–Crippen LogP) is 2.57. The fraction of sp³-hybridized carbons (Fsp3) is 0.571. The normalized spacial score (nSPS) is 16.4. The zero-order valence-corrected chi connectivity index (χ0v) is 13.6. The van der Waals surface area contributed by atoms with Crippen LogP contribution in [0.4, 0.5) is 0 Å². The Bertz CT molecular complexity index is 622. The largest absolute Gasteiger partial charge is 0.326 e. The summed E-state index contributed by atoms with van der Waals surface area (Å²) in [6.45, 7) is 5.87. The molecule has 112 valence electrons. The second-order valence-electron chi connectivity index (χ2n) is 5.99. The summed E-state index contributed by atoms with van der Waals surface area (Å²) in [5.74, 6) is 0.408. The molecule has 2 rings (SSSR count). The predicted molar refractivity (Wildman–Crippen MR) is 81.2 cm³/mol. The summed E-state index contributed by atoms with van der Waals surface area (Å²) in [5.41, 5.74) is 6.62. The van der Waals surface area contributed by atoms with Crippen LogP contribution in [0.25, 0.3) is 0 Å². The molecule has 0 aliphatic heterocycles. The lowest BCUT2D eigenvalue weighted by molar-refractivity contribution is 0.400. The van der Waals surface area contributed by atoms with Crippen LogP contribution in [0.1, 0.15) is 37.8 Å². The zero-order chi connectivity index (χ0) is 15.1. The molecule has 1 fully saturated rings. The molecule has 0 aromatic heterocycles. The standard InChI is InChI=1S/C14H21ClN2O2S/c1-9-10(8-16)6-12(15)7-13(9)20(18,19)17-14(2,3)11-4-5-11/h6-7,11,17H,4-5,8,16H2,1-3H3. The third-order valence-electron chi connectivity index (χ3n) is 3.94. The van der Waals surface area contributed by atoms with Crippen LogP contribution in [0.3, 0.4) is 0 Å². The third-order valence-corrected chi connectivity index (χ3v) is 5.95. The summed E-state index contributed by atoms with van der Waals surface area (Å²) in [6, 6.07) is 3.20. The number of hydrogen-bond acceptors (Lipinski definition) is 3. The highest BCUT2D eigenvalue weighted by Gasteiger charge is 2.41. The van der Waals surface area contributed by atoms with Crippen LogP contribution in [-0.4, -0.2) is 14.0 Å². The maximum Gasteiger partial charge on any atom is 0.241 e. The van der Waals surface area contributed by atoms with Crippen LogP contribution >= 0.6 is 11.6 Å². The molecule has 0 heterocycles. The number of rotatable bonds is 5. The number of sulfonamides is 1. The van der Waals surface area contributed by atoms with Gasteiger partial charge in [0, 0.05) is 17.1 Å². The first-order valence-corrected chi connectivity index (χ1v) is 8.56. The van der Waals surface area contributed by atoms with Gasteiger partial charge in [0.05, 0.1) is 4.90 Å². The van der Waals surface area contributed by atoms with Crippen molar-refractivity contribution in [1.82, 2.24) is 4.72 Å². The first kappa shape index (κ1) is 15.8. The van der Waals surface area contributed by atoms with Gasteiger partial charge in [0.15, 0.2) is 0 Å². The Kier molecular flexibility index (Phi) is 4.17. The van der Waals surface area contributed by atoms with Crippen molar-refractivity contribution in [3.8, 4) is 0 Å². The average molecular weight is 317 g/mol. The van der Waals surface area contributed by atoms with Crippen molar-refractivity contribution in [2.24, 2.45) is 11.7 Å². The van der Waals surface area contributed by atoms with E-state index in [2.05, 4.69) is 4.72 Å². The van der Waals surface area contributed by atoms with Crippen molar-refractivity contribution in [3.05, 3.63) is 28.3 Å². The Morgan fingerprint density at radius 2 is 2.00 bits per heavy atom. The summed E-state index contributed by atoms with van der Waals surface area (Å²) in [6.07, 6.45) is 2.14. The lowest BCUT2D eigenvalue weighted by Crippen LogP contribution is -2.45. The van der Waals surface area contributed by atoms with Gasteiger partial charge in [-0.05, 0) is 62.8 Å². The summed E-state index contributed by atoms with van der Waals surface area (Å²) < 4.78 is 28.0. The minimum atomic E-state index is -3.60. The number of nitrogens with one attached hydrogen (secondary N) is 1. The molecule has 20 heavy (non-hydrogen) atoms. The Labute approximate surface area is 125 Å². The van der Waals surface area contributed by atoms with Gasteiger partial charge in [-0.1, -0.05) is 11.6 Å². The highest BCUT2D eigenvalue weighted by atomic mass is 35.5. The van der Waals surface area contributed by atoms with Crippen molar-refractivity contribution in [3.63, 3.8) is 0 Å². The number of nitrogens with two attached hydrogens (primary N) is 1. The molecule has 1 aromatic carbocycles. The number of halogens is 1. The molecular weight excluding hydrogens is 296 g/mol. The minimum Gasteiger partial charge on any atom is -0.326 e. The van der Waals surface area contributed by atoms with Crippen LogP contribution in [0.15, 0.2) is 17.0 Å². The van der Waals surface area contributed by atoms with Gasteiger partial charge in [-0.25, -0.2) is 13.1 Å². The second-order valence-corrected chi connectivity index (χ2v) is 8.08. The summed E-state index contributed by atoms with van der Waals surface area (Å²) in [4.78, 5) is 0.221. The van der Waals surface area contributed by atoms with Gasteiger partial charge in [0.2, 0.25) is 10.0 Å². The maximum absolute atomic E-state index is 12.6. The molecule has 0 bridgehead atoms. The van der Waals surface area contributed by atoms with E-state index in [0.29, 0.717) is 16.5 Å². The molecular formula is C14H21ClN2O2S. The molecule has 1 saturated carbocycles. The van der Waals surface area contributed by atoms with Gasteiger partial charge < -0.3 is 5.73 Å². The molecule has 0 saturated heterocycles. The molecule has 0 unspecified atom stereocenters. The molecule has 3 N–H and O–H groups in total. The minimum absolute atomic E-state index is 0.221. The molecule has 0 amide bonds. The van der Waals surface area contributed by atoms with Gasteiger partial charge in [-0.15, -0.1) is 0 Å². The molecule has 4 nitrogen and oxygen atoms in total. The molecule has 0 spiro atoms. The molecule has 0 radical (unpaired) electrons. The summed E-state index contributed by atoms with van der Waals surface area (Å²) >= 11 is 6.01. The van der Waals surface area contributed by atoms with E-state index in [-0.39, 0.29) is 11.4 Å². The quantitative estimate of drug-likeness (QED) is 0.877. The Morgan fingerprint density at radius 1 is 1.40 bits per heavy atom. The first-order chi connectivity index (χ1) is 9.17. The molecule has 1 aromatic rings. The Balaban J connectivity index is 2.41. The lowest BCUT2D eigenvalue weighted by atomic mass is 10.0. The van der Waals surface area contributed by atoms with Crippen molar-refractivity contribution in [1.29, 1.82) is 0 Å². The van der Waals surface area contributed by atoms with Crippen LogP contribution in [0.5, 0.6) is 0 Å². The SMILES string of the molecule is Cc1c(CN)cc(Cl)cc1S(=O)(=O)NC(C)(C)C1CC1. The van der Waals surface area contributed by atoms with Crippen molar-refractivity contribution in [2.75, 3.05) is 0 Å². The summed E-state index contributed by atoms with van der Waals surface area (Å²) in [7, 11) is -3.60. The Morgan fingerprint density at radius 3 is 2.50 bits per heavy atom. The van der Waals surface area contributed by atoms with Gasteiger partial charge in [0.1, 0.15) is 0 Å². The fourth-order valence-electron chi connectivity index (χ4n) is 2.49. The number of hydrogen-bond donors (Lipinski definition) is 2. The van der Waals surface area contributed by atoms with E-state index < -0.39 is 15.6 Å². The first-order valence-electron chi connectivity index (χ1n) is 6.70. The van der Waals surface area contributed by atoms with Crippen LogP contribution in [-0.2, 0) is 16.6 Å². The van der Waals surface area contributed by atoms with Crippen LogP contribution in [0, 0.1) is 12.8 Å². The van der Waals surface area contributed by atoms with Crippen molar-refractivity contribution >= 4 is 21.6 Å². The number of benzene rings is 1. The van der Waals surface area contributed by atoms with Crippen LogP contribution < -0.4 is 10.5 Å². The van der Waals surface area contributed by atoms with Gasteiger partial charge >= 0.3 is 0 Å². The smallest absolute Gasteiger partial charge is 0.241 e. The topological polar surface area (TPSA) is 72.2 Å². The summed E-state index contributed by atoms with van der Waals surface area (Å²) in [5, 5.41) is 0.389. The van der Waals surface area contributed by atoms with E-state index in [1.54, 1.807) is 13.0 Å². The molecule has 6 heteroatoms. The third kappa shape index (κ3) is 3.17. The van der Waals surface area contributed by atoms with E-state index in [4.69, 9.17) is 17.3 Å². The maximum atomic E-state index is 12.6. The second kappa shape index (κ2) is 5.30. The van der Waals surface area contributed by atoms with Gasteiger partial charge in [-0.2, -0.15) is 0 Å². The van der Waals surface area contributed by atoms with Crippen LogP contribution in [0.2, 0.25) is 5.02 Å². The highest BCUT2D eigenvalue weighted by molar-refractivity contribution is 7.89. The van der Waals surface area contributed by atoms with Gasteiger partial charge in [-0.3, -0.25) is 0 Å². The van der Waals surface area contributed by atoms with Gasteiger partial charge in [0.25, 0.3) is 0 Å².